The number of epoxide rings is 2. The smallest absolute Gasteiger partial charge is 0.104 e. The van der Waals surface area contributed by atoms with Gasteiger partial charge in [-0.05, 0) is 31.1 Å². The molecule has 104 valence electrons. The first-order chi connectivity index (χ1) is 8.90. The Morgan fingerprint density at radius 1 is 0.778 bits per heavy atom. The van der Waals surface area contributed by atoms with E-state index in [9.17, 15) is 0 Å². The predicted octanol–water partition coefficient (Wildman–Crippen LogP) is 1.62. The Morgan fingerprint density at radius 3 is 1.72 bits per heavy atom. The van der Waals surface area contributed by atoms with E-state index >= 15 is 0 Å². The number of rotatable bonds is 8. The molecule has 0 aromatic carbocycles. The van der Waals surface area contributed by atoms with Crippen LogP contribution < -0.4 is 0 Å². The number of ether oxygens (including phenoxy) is 4. The van der Waals surface area contributed by atoms with Gasteiger partial charge in [-0.1, -0.05) is 6.42 Å². The maximum atomic E-state index is 5.71. The van der Waals surface area contributed by atoms with Gasteiger partial charge >= 0.3 is 0 Å². The van der Waals surface area contributed by atoms with Gasteiger partial charge in [-0.3, -0.25) is 0 Å². The summed E-state index contributed by atoms with van der Waals surface area (Å²) in [6.07, 6.45) is 6.00. The fraction of sp³-hybridized carbons (Fsp3) is 1.00. The fourth-order valence-electron chi connectivity index (χ4n) is 2.77. The maximum Gasteiger partial charge on any atom is 0.104 e. The highest BCUT2D eigenvalue weighted by Gasteiger charge is 2.27. The molecule has 0 N–H and O–H groups in total. The minimum Gasteiger partial charge on any atom is -0.378 e. The summed E-state index contributed by atoms with van der Waals surface area (Å²) in [6.45, 7) is 5.17. The molecule has 3 fully saturated rings. The van der Waals surface area contributed by atoms with E-state index in [4.69, 9.17) is 18.9 Å². The Morgan fingerprint density at radius 2 is 1.28 bits per heavy atom. The highest BCUT2D eigenvalue weighted by molar-refractivity contribution is 4.75. The van der Waals surface area contributed by atoms with Crippen molar-refractivity contribution in [2.75, 3.05) is 39.6 Å². The topological polar surface area (TPSA) is 43.5 Å². The van der Waals surface area contributed by atoms with E-state index in [0.717, 1.165) is 51.5 Å². The van der Waals surface area contributed by atoms with Gasteiger partial charge in [0.1, 0.15) is 12.2 Å². The summed E-state index contributed by atoms with van der Waals surface area (Å²) in [4.78, 5) is 0. The zero-order chi connectivity index (χ0) is 12.2. The van der Waals surface area contributed by atoms with E-state index in [1.807, 2.05) is 0 Å². The molecule has 2 saturated heterocycles. The van der Waals surface area contributed by atoms with Crippen molar-refractivity contribution < 1.29 is 18.9 Å². The molecule has 1 saturated carbocycles. The lowest BCUT2D eigenvalue weighted by Gasteiger charge is -2.28. The van der Waals surface area contributed by atoms with Crippen LogP contribution in [0.1, 0.15) is 25.7 Å². The second-order valence-electron chi connectivity index (χ2n) is 5.88. The summed E-state index contributed by atoms with van der Waals surface area (Å²) in [6, 6.07) is 0. The lowest BCUT2D eigenvalue weighted by molar-refractivity contribution is 0.0342. The van der Waals surface area contributed by atoms with Gasteiger partial charge in [-0.15, -0.1) is 0 Å². The molecule has 0 aromatic heterocycles. The van der Waals surface area contributed by atoms with Gasteiger partial charge in [-0.25, -0.2) is 0 Å². The van der Waals surface area contributed by atoms with Crippen molar-refractivity contribution in [3.63, 3.8) is 0 Å². The Kier molecular flexibility index (Phi) is 4.52. The minimum atomic E-state index is 0.395. The van der Waals surface area contributed by atoms with Crippen LogP contribution in [0.15, 0.2) is 0 Å². The second kappa shape index (κ2) is 6.33. The van der Waals surface area contributed by atoms with Crippen molar-refractivity contribution in [3.8, 4) is 0 Å². The van der Waals surface area contributed by atoms with Gasteiger partial charge in [0, 0.05) is 13.2 Å². The highest BCUT2D eigenvalue weighted by atomic mass is 16.6. The highest BCUT2D eigenvalue weighted by Crippen LogP contribution is 2.29. The summed E-state index contributed by atoms with van der Waals surface area (Å²) < 4.78 is 21.7. The largest absolute Gasteiger partial charge is 0.378 e. The van der Waals surface area contributed by atoms with Crippen molar-refractivity contribution in [3.05, 3.63) is 0 Å². The molecule has 0 bridgehead atoms. The number of hydrogen-bond donors (Lipinski definition) is 0. The number of hydrogen-bond acceptors (Lipinski definition) is 4. The van der Waals surface area contributed by atoms with Crippen molar-refractivity contribution in [1.29, 1.82) is 0 Å². The Bertz CT molecular complexity index is 226. The molecular weight excluding hydrogens is 232 g/mol. The monoisotopic (exact) mass is 256 g/mol. The van der Waals surface area contributed by atoms with Gasteiger partial charge in [0.25, 0.3) is 0 Å². The van der Waals surface area contributed by atoms with Crippen LogP contribution in [-0.2, 0) is 18.9 Å². The second-order valence-corrected chi connectivity index (χ2v) is 5.88. The summed E-state index contributed by atoms with van der Waals surface area (Å²) in [5.74, 6) is 1.45. The first-order valence-corrected chi connectivity index (χ1v) is 7.29. The average Bonchev–Trinajstić information content (AvgIpc) is 3.25. The van der Waals surface area contributed by atoms with Gasteiger partial charge in [0.2, 0.25) is 0 Å². The molecule has 0 amide bonds. The normalized spacial score (nSPS) is 38.7. The van der Waals surface area contributed by atoms with Crippen LogP contribution in [0.4, 0.5) is 0 Å². The molecule has 2 heterocycles. The molecule has 18 heavy (non-hydrogen) atoms. The molecule has 3 aliphatic rings. The Hall–Kier alpha value is -0.160. The van der Waals surface area contributed by atoms with Gasteiger partial charge in [0.15, 0.2) is 0 Å². The van der Waals surface area contributed by atoms with E-state index in [1.54, 1.807) is 0 Å². The van der Waals surface area contributed by atoms with Crippen LogP contribution in [0.2, 0.25) is 0 Å². The van der Waals surface area contributed by atoms with E-state index in [-0.39, 0.29) is 0 Å². The van der Waals surface area contributed by atoms with E-state index in [0.29, 0.717) is 12.2 Å². The van der Waals surface area contributed by atoms with E-state index in [2.05, 4.69) is 0 Å². The molecule has 4 nitrogen and oxygen atoms in total. The summed E-state index contributed by atoms with van der Waals surface area (Å²) in [7, 11) is 0. The Labute approximate surface area is 109 Å². The SMILES string of the molecule is C1C[C@H](COCC2CO2)C[C@@H](COCC2CO2)C1. The van der Waals surface area contributed by atoms with Gasteiger partial charge < -0.3 is 18.9 Å². The van der Waals surface area contributed by atoms with Crippen LogP contribution in [-0.4, -0.2) is 51.8 Å². The van der Waals surface area contributed by atoms with Crippen molar-refractivity contribution in [2.24, 2.45) is 11.8 Å². The minimum absolute atomic E-state index is 0.395. The lowest BCUT2D eigenvalue weighted by Crippen LogP contribution is -2.24. The van der Waals surface area contributed by atoms with E-state index in [1.165, 1.54) is 25.7 Å². The third kappa shape index (κ3) is 4.50. The van der Waals surface area contributed by atoms with Crippen LogP contribution in [0.3, 0.4) is 0 Å². The first-order valence-electron chi connectivity index (χ1n) is 7.29. The van der Waals surface area contributed by atoms with E-state index < -0.39 is 0 Å². The van der Waals surface area contributed by atoms with Crippen LogP contribution in [0, 0.1) is 11.8 Å². The van der Waals surface area contributed by atoms with Gasteiger partial charge in [-0.2, -0.15) is 0 Å². The molecule has 2 aliphatic heterocycles. The summed E-state index contributed by atoms with van der Waals surface area (Å²) >= 11 is 0. The molecule has 2 unspecified atom stereocenters. The predicted molar refractivity (Wildman–Crippen MR) is 66.6 cm³/mol. The third-order valence-electron chi connectivity index (χ3n) is 4.01. The molecule has 4 heteroatoms. The summed E-state index contributed by atoms with van der Waals surface area (Å²) in [5, 5.41) is 0. The quantitative estimate of drug-likeness (QED) is 0.619. The average molecular weight is 256 g/mol. The molecule has 0 spiro atoms. The zero-order valence-corrected chi connectivity index (χ0v) is 11.0. The third-order valence-corrected chi connectivity index (χ3v) is 4.01. The summed E-state index contributed by atoms with van der Waals surface area (Å²) in [5.41, 5.74) is 0. The van der Waals surface area contributed by atoms with Crippen LogP contribution >= 0.6 is 0 Å². The Balaban J connectivity index is 1.26. The van der Waals surface area contributed by atoms with Crippen molar-refractivity contribution >= 4 is 0 Å². The fourth-order valence-corrected chi connectivity index (χ4v) is 2.77. The molecule has 0 radical (unpaired) electrons. The van der Waals surface area contributed by atoms with Crippen molar-refractivity contribution in [2.45, 2.75) is 37.9 Å². The first kappa shape index (κ1) is 12.9. The van der Waals surface area contributed by atoms with Crippen LogP contribution in [0.25, 0.3) is 0 Å². The van der Waals surface area contributed by atoms with Crippen LogP contribution in [0.5, 0.6) is 0 Å². The van der Waals surface area contributed by atoms with Crippen molar-refractivity contribution in [1.82, 2.24) is 0 Å². The van der Waals surface area contributed by atoms with Gasteiger partial charge in [0.05, 0.1) is 26.4 Å². The molecular formula is C14H24O4. The molecule has 3 rings (SSSR count). The lowest BCUT2D eigenvalue weighted by atomic mass is 9.82. The molecule has 1 aliphatic carbocycles. The zero-order valence-electron chi connectivity index (χ0n) is 11.0. The standard InChI is InChI=1S/C14H24O4/c1-2-11(5-15-7-13-9-17-13)4-12(3-1)6-16-8-14-10-18-14/h11-14H,1-10H2/t11-,12-,13?,14?/m0/s1. The molecule has 0 aromatic rings. The maximum absolute atomic E-state index is 5.71. The molecule has 4 atom stereocenters.